The summed E-state index contributed by atoms with van der Waals surface area (Å²) in [6.45, 7) is 1.82. The maximum atomic E-state index is 13.0. The molecule has 0 aliphatic heterocycles. The maximum Gasteiger partial charge on any atom is 0.257 e. The van der Waals surface area contributed by atoms with Crippen LogP contribution in [0.4, 0.5) is 14.5 Å². The van der Waals surface area contributed by atoms with Crippen LogP contribution in [0, 0.1) is 18.6 Å². The number of carbonyl (C=O) groups is 1. The van der Waals surface area contributed by atoms with Gasteiger partial charge in [0.25, 0.3) is 5.91 Å². The summed E-state index contributed by atoms with van der Waals surface area (Å²) in [5.41, 5.74) is 1.33. The normalized spacial score (nSPS) is 10.3. The molecule has 0 aliphatic rings. The predicted molar refractivity (Wildman–Crippen MR) is 70.5 cm³/mol. The van der Waals surface area contributed by atoms with Crippen LogP contribution in [0.15, 0.2) is 36.4 Å². The van der Waals surface area contributed by atoms with Crippen molar-refractivity contribution in [2.24, 2.45) is 0 Å². The van der Waals surface area contributed by atoms with Crippen molar-refractivity contribution >= 4 is 23.2 Å². The lowest BCUT2D eigenvalue weighted by atomic mass is 10.1. The summed E-state index contributed by atoms with van der Waals surface area (Å²) in [6, 6.07) is 8.14. The van der Waals surface area contributed by atoms with Gasteiger partial charge in [-0.05, 0) is 31.2 Å². The fraction of sp³-hybridized carbons (Fsp3) is 0.0714. The van der Waals surface area contributed by atoms with Crippen molar-refractivity contribution in [3.8, 4) is 0 Å². The van der Waals surface area contributed by atoms with Gasteiger partial charge in [0.15, 0.2) is 11.6 Å². The monoisotopic (exact) mass is 281 g/mol. The van der Waals surface area contributed by atoms with E-state index in [1.165, 1.54) is 6.07 Å². The summed E-state index contributed by atoms with van der Waals surface area (Å²) in [4.78, 5) is 12.0. The number of aryl methyl sites for hydroxylation is 1. The molecule has 98 valence electrons. The van der Waals surface area contributed by atoms with Crippen molar-refractivity contribution in [2.45, 2.75) is 6.92 Å². The summed E-state index contributed by atoms with van der Waals surface area (Å²) in [5.74, 6) is -2.46. The molecule has 0 heterocycles. The van der Waals surface area contributed by atoms with Gasteiger partial charge in [-0.3, -0.25) is 4.79 Å². The number of amides is 1. The van der Waals surface area contributed by atoms with Crippen LogP contribution in [0.25, 0.3) is 0 Å². The van der Waals surface area contributed by atoms with Gasteiger partial charge in [0.05, 0.1) is 10.6 Å². The van der Waals surface area contributed by atoms with E-state index in [4.69, 9.17) is 11.6 Å². The number of hydrogen-bond donors (Lipinski definition) is 1. The molecule has 0 aromatic heterocycles. The van der Waals surface area contributed by atoms with E-state index in [0.717, 1.165) is 17.7 Å². The van der Waals surface area contributed by atoms with Gasteiger partial charge in [-0.15, -0.1) is 0 Å². The second-order valence-electron chi connectivity index (χ2n) is 4.07. The van der Waals surface area contributed by atoms with Gasteiger partial charge < -0.3 is 5.32 Å². The largest absolute Gasteiger partial charge is 0.322 e. The third-order valence-corrected chi connectivity index (χ3v) is 2.87. The molecule has 19 heavy (non-hydrogen) atoms. The molecule has 0 atom stereocenters. The number of halogens is 3. The van der Waals surface area contributed by atoms with Crippen molar-refractivity contribution in [1.82, 2.24) is 0 Å². The molecular formula is C14H10ClF2NO. The lowest BCUT2D eigenvalue weighted by Crippen LogP contribution is -2.13. The highest BCUT2D eigenvalue weighted by atomic mass is 35.5. The van der Waals surface area contributed by atoms with Crippen molar-refractivity contribution in [3.63, 3.8) is 0 Å². The molecule has 2 aromatic rings. The number of anilines is 1. The van der Waals surface area contributed by atoms with E-state index in [0.29, 0.717) is 5.02 Å². The molecule has 5 heteroatoms. The van der Waals surface area contributed by atoms with Crippen molar-refractivity contribution < 1.29 is 13.6 Å². The third kappa shape index (κ3) is 3.09. The average molecular weight is 282 g/mol. The SMILES string of the molecule is Cc1ccc(Cl)c(C(=O)Nc2ccc(F)c(F)c2)c1. The Hall–Kier alpha value is -1.94. The molecule has 1 N–H and O–H groups in total. The summed E-state index contributed by atoms with van der Waals surface area (Å²) in [7, 11) is 0. The fourth-order valence-electron chi connectivity index (χ4n) is 1.59. The van der Waals surface area contributed by atoms with E-state index < -0.39 is 17.5 Å². The van der Waals surface area contributed by atoms with Crippen molar-refractivity contribution in [3.05, 3.63) is 64.2 Å². The average Bonchev–Trinajstić information content (AvgIpc) is 2.36. The number of rotatable bonds is 2. The highest BCUT2D eigenvalue weighted by Gasteiger charge is 2.12. The Kier molecular flexibility index (Phi) is 3.81. The van der Waals surface area contributed by atoms with Crippen molar-refractivity contribution in [2.75, 3.05) is 5.32 Å². The Balaban J connectivity index is 2.25. The lowest BCUT2D eigenvalue weighted by Gasteiger charge is -2.08. The van der Waals surface area contributed by atoms with Gasteiger partial charge in [-0.25, -0.2) is 8.78 Å². The van der Waals surface area contributed by atoms with Crippen LogP contribution in [0.3, 0.4) is 0 Å². The molecular weight excluding hydrogens is 272 g/mol. The minimum atomic E-state index is -1.02. The summed E-state index contributed by atoms with van der Waals surface area (Å²) < 4.78 is 25.8. The highest BCUT2D eigenvalue weighted by molar-refractivity contribution is 6.34. The third-order valence-electron chi connectivity index (χ3n) is 2.54. The number of nitrogens with one attached hydrogen (secondary N) is 1. The topological polar surface area (TPSA) is 29.1 Å². The first-order valence-corrected chi connectivity index (χ1v) is 5.88. The van der Waals surface area contributed by atoms with Crippen LogP contribution in [-0.2, 0) is 0 Å². The Bertz CT molecular complexity index is 643. The van der Waals surface area contributed by atoms with Gasteiger partial charge >= 0.3 is 0 Å². The van der Waals surface area contributed by atoms with E-state index in [2.05, 4.69) is 5.32 Å². The second kappa shape index (κ2) is 5.36. The van der Waals surface area contributed by atoms with Crippen molar-refractivity contribution in [1.29, 1.82) is 0 Å². The van der Waals surface area contributed by atoms with Crippen LogP contribution in [0.1, 0.15) is 15.9 Å². The molecule has 0 bridgehead atoms. The molecule has 0 radical (unpaired) electrons. The predicted octanol–water partition coefficient (Wildman–Crippen LogP) is 4.18. The molecule has 2 nitrogen and oxygen atoms in total. The minimum absolute atomic E-state index is 0.168. The maximum absolute atomic E-state index is 13.0. The van der Waals surface area contributed by atoms with Crippen LogP contribution in [0.2, 0.25) is 5.02 Å². The molecule has 2 rings (SSSR count). The number of benzene rings is 2. The molecule has 0 unspecified atom stereocenters. The van der Waals surface area contributed by atoms with Gasteiger partial charge in [-0.1, -0.05) is 23.2 Å². The van der Waals surface area contributed by atoms with Gasteiger partial charge in [0.2, 0.25) is 0 Å². The number of hydrogen-bond acceptors (Lipinski definition) is 1. The molecule has 0 fully saturated rings. The number of carbonyl (C=O) groups excluding carboxylic acids is 1. The van der Waals surface area contributed by atoms with Crippen LogP contribution >= 0.6 is 11.6 Å². The second-order valence-corrected chi connectivity index (χ2v) is 4.47. The Morgan fingerprint density at radius 3 is 2.53 bits per heavy atom. The summed E-state index contributed by atoms with van der Waals surface area (Å²) in [5, 5.41) is 2.76. The standard InChI is InChI=1S/C14H10ClF2NO/c1-8-2-4-11(15)10(6-8)14(19)18-9-3-5-12(16)13(17)7-9/h2-7H,1H3,(H,18,19). The zero-order chi connectivity index (χ0) is 14.0. The molecule has 1 amide bonds. The van der Waals surface area contributed by atoms with E-state index in [-0.39, 0.29) is 11.3 Å². The Morgan fingerprint density at radius 2 is 1.84 bits per heavy atom. The summed E-state index contributed by atoms with van der Waals surface area (Å²) >= 11 is 5.92. The smallest absolute Gasteiger partial charge is 0.257 e. The van der Waals surface area contributed by atoms with E-state index >= 15 is 0 Å². The van der Waals surface area contributed by atoms with Gasteiger partial charge in [0, 0.05) is 11.8 Å². The lowest BCUT2D eigenvalue weighted by molar-refractivity contribution is 0.102. The Morgan fingerprint density at radius 1 is 1.11 bits per heavy atom. The van der Waals surface area contributed by atoms with E-state index in [1.807, 2.05) is 6.92 Å². The van der Waals surface area contributed by atoms with Crippen LogP contribution in [0.5, 0.6) is 0 Å². The zero-order valence-electron chi connectivity index (χ0n) is 10.0. The minimum Gasteiger partial charge on any atom is -0.322 e. The van der Waals surface area contributed by atoms with E-state index in [1.54, 1.807) is 18.2 Å². The van der Waals surface area contributed by atoms with Gasteiger partial charge in [-0.2, -0.15) is 0 Å². The molecule has 0 aliphatic carbocycles. The molecule has 2 aromatic carbocycles. The quantitative estimate of drug-likeness (QED) is 0.879. The first-order valence-electron chi connectivity index (χ1n) is 5.50. The summed E-state index contributed by atoms with van der Waals surface area (Å²) in [6.07, 6.45) is 0. The highest BCUT2D eigenvalue weighted by Crippen LogP contribution is 2.20. The fourth-order valence-corrected chi connectivity index (χ4v) is 1.79. The first-order chi connectivity index (χ1) is 8.97. The Labute approximate surface area is 114 Å². The molecule has 0 saturated heterocycles. The molecule has 0 spiro atoms. The van der Waals surface area contributed by atoms with Gasteiger partial charge in [0.1, 0.15) is 0 Å². The zero-order valence-corrected chi connectivity index (χ0v) is 10.8. The van der Waals surface area contributed by atoms with Crippen LogP contribution < -0.4 is 5.32 Å². The first kappa shape index (κ1) is 13.5. The van der Waals surface area contributed by atoms with Crippen LogP contribution in [-0.4, -0.2) is 5.91 Å². The van der Waals surface area contributed by atoms with E-state index in [9.17, 15) is 13.6 Å². The molecule has 0 saturated carbocycles.